The Morgan fingerprint density at radius 1 is 1.15 bits per heavy atom. The highest BCUT2D eigenvalue weighted by atomic mass is 16.3. The van der Waals surface area contributed by atoms with E-state index in [0.717, 1.165) is 25.7 Å². The van der Waals surface area contributed by atoms with E-state index >= 15 is 0 Å². The number of phenols is 1. The van der Waals surface area contributed by atoms with Gasteiger partial charge in [-0.15, -0.1) is 0 Å². The van der Waals surface area contributed by atoms with Crippen LogP contribution in [0.5, 0.6) is 5.75 Å². The zero-order chi connectivity index (χ0) is 14.5. The minimum Gasteiger partial charge on any atom is -0.508 e. The summed E-state index contributed by atoms with van der Waals surface area (Å²) in [4.78, 5) is 23.7. The number of benzene rings is 1. The van der Waals surface area contributed by atoms with Crippen LogP contribution in [0, 0.1) is 6.92 Å². The number of nitrogens with one attached hydrogen (secondary N) is 2. The molecule has 0 saturated heterocycles. The average Bonchev–Trinajstić information content (AvgIpc) is 2.43. The summed E-state index contributed by atoms with van der Waals surface area (Å²) in [6.45, 7) is 1.76. The molecule has 0 aliphatic heterocycles. The maximum atomic E-state index is 11.8. The van der Waals surface area contributed by atoms with Gasteiger partial charge in [0.25, 0.3) is 0 Å². The zero-order valence-electron chi connectivity index (χ0n) is 11.6. The Morgan fingerprint density at radius 3 is 2.50 bits per heavy atom. The second-order valence-corrected chi connectivity index (χ2v) is 5.26. The van der Waals surface area contributed by atoms with E-state index in [2.05, 4.69) is 10.6 Å². The molecule has 1 aliphatic rings. The standard InChI is InChI=1S/C15H20N2O3/c1-10-9-12(18)7-8-13(10)17-15(20)14(19)16-11-5-3-2-4-6-11/h7-9,11,18H,2-6H2,1H3,(H,16,19)(H,17,20). The summed E-state index contributed by atoms with van der Waals surface area (Å²) in [7, 11) is 0. The number of anilines is 1. The molecular weight excluding hydrogens is 256 g/mol. The molecule has 0 atom stereocenters. The van der Waals surface area contributed by atoms with Gasteiger partial charge in [0.1, 0.15) is 5.75 Å². The van der Waals surface area contributed by atoms with Crippen molar-refractivity contribution in [2.75, 3.05) is 5.32 Å². The van der Waals surface area contributed by atoms with E-state index in [9.17, 15) is 14.7 Å². The molecule has 1 aliphatic carbocycles. The summed E-state index contributed by atoms with van der Waals surface area (Å²) in [5, 5.41) is 14.6. The maximum Gasteiger partial charge on any atom is 0.313 e. The first-order valence-electron chi connectivity index (χ1n) is 6.98. The SMILES string of the molecule is Cc1cc(O)ccc1NC(=O)C(=O)NC1CCCCC1. The van der Waals surface area contributed by atoms with Gasteiger partial charge in [-0.1, -0.05) is 19.3 Å². The lowest BCUT2D eigenvalue weighted by Crippen LogP contribution is -2.42. The van der Waals surface area contributed by atoms with Crippen LogP contribution < -0.4 is 10.6 Å². The summed E-state index contributed by atoms with van der Waals surface area (Å²) in [6, 6.07) is 4.70. The molecule has 0 bridgehead atoms. The van der Waals surface area contributed by atoms with Crippen LogP contribution in [0.25, 0.3) is 0 Å². The molecule has 0 spiro atoms. The number of rotatable bonds is 2. The Bertz CT molecular complexity index is 508. The van der Waals surface area contributed by atoms with Crippen LogP contribution >= 0.6 is 0 Å². The lowest BCUT2D eigenvalue weighted by molar-refractivity contribution is -0.136. The molecule has 0 aromatic heterocycles. The Balaban J connectivity index is 1.91. The molecule has 1 aromatic rings. The van der Waals surface area contributed by atoms with E-state index < -0.39 is 11.8 Å². The fourth-order valence-electron chi connectivity index (χ4n) is 2.47. The van der Waals surface area contributed by atoms with Crippen LogP contribution in [0.2, 0.25) is 0 Å². The largest absolute Gasteiger partial charge is 0.508 e. The molecule has 0 heterocycles. The quantitative estimate of drug-likeness (QED) is 0.571. The van der Waals surface area contributed by atoms with E-state index in [1.54, 1.807) is 13.0 Å². The van der Waals surface area contributed by atoms with E-state index in [1.807, 2.05) is 0 Å². The molecule has 0 unspecified atom stereocenters. The van der Waals surface area contributed by atoms with Crippen LogP contribution in [-0.4, -0.2) is 23.0 Å². The van der Waals surface area contributed by atoms with Gasteiger partial charge in [0.2, 0.25) is 0 Å². The Hall–Kier alpha value is -2.04. The van der Waals surface area contributed by atoms with Crippen molar-refractivity contribution in [1.82, 2.24) is 5.32 Å². The first-order chi connectivity index (χ1) is 9.56. The van der Waals surface area contributed by atoms with Crippen molar-refractivity contribution in [2.24, 2.45) is 0 Å². The topological polar surface area (TPSA) is 78.4 Å². The van der Waals surface area contributed by atoms with Crippen LogP contribution in [-0.2, 0) is 9.59 Å². The van der Waals surface area contributed by atoms with E-state index in [-0.39, 0.29) is 11.8 Å². The monoisotopic (exact) mass is 276 g/mol. The number of carbonyl (C=O) groups is 2. The third kappa shape index (κ3) is 3.73. The van der Waals surface area contributed by atoms with Crippen molar-refractivity contribution < 1.29 is 14.7 Å². The molecule has 2 rings (SSSR count). The number of aromatic hydroxyl groups is 1. The van der Waals surface area contributed by atoms with Gasteiger partial charge in [-0.2, -0.15) is 0 Å². The molecule has 5 heteroatoms. The second-order valence-electron chi connectivity index (χ2n) is 5.26. The summed E-state index contributed by atoms with van der Waals surface area (Å²) < 4.78 is 0. The molecule has 3 N–H and O–H groups in total. The molecule has 2 amide bonds. The van der Waals surface area contributed by atoms with Gasteiger partial charge in [-0.3, -0.25) is 9.59 Å². The fraction of sp³-hybridized carbons (Fsp3) is 0.467. The maximum absolute atomic E-state index is 11.8. The third-order valence-corrected chi connectivity index (χ3v) is 3.60. The Labute approximate surface area is 118 Å². The van der Waals surface area contributed by atoms with E-state index in [4.69, 9.17) is 0 Å². The number of hydrogen-bond acceptors (Lipinski definition) is 3. The van der Waals surface area contributed by atoms with Crippen molar-refractivity contribution in [3.63, 3.8) is 0 Å². The van der Waals surface area contributed by atoms with Crippen molar-refractivity contribution >= 4 is 17.5 Å². The molecule has 1 aromatic carbocycles. The molecule has 5 nitrogen and oxygen atoms in total. The highest BCUT2D eigenvalue weighted by molar-refractivity contribution is 6.39. The van der Waals surface area contributed by atoms with Crippen molar-refractivity contribution in [3.05, 3.63) is 23.8 Å². The Kier molecular flexibility index (Phi) is 4.61. The molecular formula is C15H20N2O3. The number of amides is 2. The first kappa shape index (κ1) is 14.4. The van der Waals surface area contributed by atoms with Gasteiger partial charge in [0.05, 0.1) is 0 Å². The van der Waals surface area contributed by atoms with Gasteiger partial charge >= 0.3 is 11.8 Å². The van der Waals surface area contributed by atoms with Crippen molar-refractivity contribution in [2.45, 2.75) is 45.1 Å². The number of carbonyl (C=O) groups excluding carboxylic acids is 2. The minimum atomic E-state index is -0.663. The van der Waals surface area contributed by atoms with Gasteiger partial charge in [0, 0.05) is 11.7 Å². The number of hydrogen-bond donors (Lipinski definition) is 3. The predicted octanol–water partition coefficient (Wildman–Crippen LogP) is 2.09. The predicted molar refractivity (Wildman–Crippen MR) is 76.5 cm³/mol. The third-order valence-electron chi connectivity index (χ3n) is 3.60. The molecule has 108 valence electrons. The number of phenolic OH excluding ortho intramolecular Hbond substituents is 1. The lowest BCUT2D eigenvalue weighted by atomic mass is 9.95. The highest BCUT2D eigenvalue weighted by Crippen LogP contribution is 2.20. The van der Waals surface area contributed by atoms with E-state index in [0.29, 0.717) is 11.3 Å². The van der Waals surface area contributed by atoms with Crippen molar-refractivity contribution in [3.8, 4) is 5.75 Å². The van der Waals surface area contributed by atoms with Crippen LogP contribution in [0.15, 0.2) is 18.2 Å². The minimum absolute atomic E-state index is 0.114. The fourth-order valence-corrected chi connectivity index (χ4v) is 2.47. The van der Waals surface area contributed by atoms with E-state index in [1.165, 1.54) is 18.6 Å². The van der Waals surface area contributed by atoms with Gasteiger partial charge in [0.15, 0.2) is 0 Å². The molecule has 0 radical (unpaired) electrons. The molecule has 20 heavy (non-hydrogen) atoms. The van der Waals surface area contributed by atoms with Gasteiger partial charge < -0.3 is 15.7 Å². The lowest BCUT2D eigenvalue weighted by Gasteiger charge is -2.22. The van der Waals surface area contributed by atoms with Crippen molar-refractivity contribution in [1.29, 1.82) is 0 Å². The van der Waals surface area contributed by atoms with Crippen LogP contribution in [0.4, 0.5) is 5.69 Å². The van der Waals surface area contributed by atoms with Gasteiger partial charge in [-0.05, 0) is 43.5 Å². The molecule has 1 saturated carbocycles. The summed E-state index contributed by atoms with van der Waals surface area (Å²) >= 11 is 0. The molecule has 1 fully saturated rings. The Morgan fingerprint density at radius 2 is 1.85 bits per heavy atom. The first-order valence-corrected chi connectivity index (χ1v) is 6.98. The van der Waals surface area contributed by atoms with Crippen LogP contribution in [0.1, 0.15) is 37.7 Å². The second kappa shape index (κ2) is 6.41. The number of aryl methyl sites for hydroxylation is 1. The smallest absolute Gasteiger partial charge is 0.313 e. The van der Waals surface area contributed by atoms with Gasteiger partial charge in [-0.25, -0.2) is 0 Å². The zero-order valence-corrected chi connectivity index (χ0v) is 11.6. The van der Waals surface area contributed by atoms with Crippen LogP contribution in [0.3, 0.4) is 0 Å². The normalized spacial score (nSPS) is 15.7. The highest BCUT2D eigenvalue weighted by Gasteiger charge is 2.20. The summed E-state index contributed by atoms with van der Waals surface area (Å²) in [5.41, 5.74) is 1.25. The summed E-state index contributed by atoms with van der Waals surface area (Å²) in [6.07, 6.45) is 5.28. The average molecular weight is 276 g/mol. The summed E-state index contributed by atoms with van der Waals surface area (Å²) in [5.74, 6) is -1.12.